The summed E-state index contributed by atoms with van der Waals surface area (Å²) >= 11 is 0. The Hall–Kier alpha value is -3.06. The third-order valence-corrected chi connectivity index (χ3v) is 3.59. The van der Waals surface area contributed by atoms with E-state index in [0.29, 0.717) is 23.9 Å². The first-order chi connectivity index (χ1) is 11.6. The molecule has 0 aliphatic carbocycles. The summed E-state index contributed by atoms with van der Waals surface area (Å²) in [6.45, 7) is 0.352. The molecule has 7 heteroatoms. The molecule has 1 amide bonds. The zero-order valence-electron chi connectivity index (χ0n) is 13.4. The summed E-state index contributed by atoms with van der Waals surface area (Å²) in [5, 5.41) is 3.50. The van der Waals surface area contributed by atoms with Crippen LogP contribution in [0.2, 0.25) is 0 Å². The van der Waals surface area contributed by atoms with Crippen LogP contribution in [0.1, 0.15) is 5.56 Å². The van der Waals surface area contributed by atoms with Crippen LogP contribution in [0, 0.1) is 0 Å². The highest BCUT2D eigenvalue weighted by Crippen LogP contribution is 2.31. The van der Waals surface area contributed by atoms with Gasteiger partial charge in [-0.2, -0.15) is 0 Å². The van der Waals surface area contributed by atoms with Gasteiger partial charge in [-0.25, -0.2) is 9.78 Å². The van der Waals surface area contributed by atoms with E-state index in [1.807, 2.05) is 18.2 Å². The van der Waals surface area contributed by atoms with Crippen molar-refractivity contribution >= 4 is 22.8 Å². The third kappa shape index (κ3) is 3.02. The Morgan fingerprint density at radius 1 is 1.33 bits per heavy atom. The average molecular weight is 326 g/mol. The molecule has 124 valence electrons. The van der Waals surface area contributed by atoms with Crippen molar-refractivity contribution in [3.05, 3.63) is 48.3 Å². The molecular weight excluding hydrogens is 308 g/mol. The summed E-state index contributed by atoms with van der Waals surface area (Å²) < 4.78 is 12.7. The van der Waals surface area contributed by atoms with Gasteiger partial charge in [0.05, 0.1) is 12.1 Å². The zero-order valence-corrected chi connectivity index (χ0v) is 13.4. The van der Waals surface area contributed by atoms with Crippen molar-refractivity contribution in [1.29, 1.82) is 0 Å². The van der Waals surface area contributed by atoms with E-state index in [1.54, 1.807) is 43.3 Å². The van der Waals surface area contributed by atoms with Gasteiger partial charge in [-0.15, -0.1) is 0 Å². The van der Waals surface area contributed by atoms with Crippen LogP contribution in [0.25, 0.3) is 10.9 Å². The number of nitrogens with zero attached hydrogens (tertiary/aromatic N) is 2. The van der Waals surface area contributed by atoms with E-state index in [9.17, 15) is 4.79 Å². The lowest BCUT2D eigenvalue weighted by Crippen LogP contribution is -2.23. The Balaban J connectivity index is 2.06. The van der Waals surface area contributed by atoms with Crippen molar-refractivity contribution in [3.8, 4) is 11.5 Å². The molecule has 0 spiro atoms. The summed E-state index contributed by atoms with van der Waals surface area (Å²) in [5.74, 6) is 1.61. The van der Waals surface area contributed by atoms with E-state index in [4.69, 9.17) is 15.2 Å². The number of nitrogens with two attached hydrogens (primary N) is 1. The number of methoxy groups -OCH3 is 1. The lowest BCUT2D eigenvalue weighted by molar-refractivity contribution is 0.182. The molecule has 3 aromatic rings. The van der Waals surface area contributed by atoms with Crippen LogP contribution in [-0.2, 0) is 11.3 Å². The molecule has 2 aromatic heterocycles. The Labute approximate surface area is 139 Å². The Morgan fingerprint density at radius 2 is 2.17 bits per heavy atom. The van der Waals surface area contributed by atoms with Gasteiger partial charge in [0, 0.05) is 43.6 Å². The minimum absolute atomic E-state index is 0.205. The molecule has 0 aliphatic rings. The molecule has 0 bridgehead atoms. The summed E-state index contributed by atoms with van der Waals surface area (Å²) in [6, 6.07) is 8.79. The first-order valence-corrected chi connectivity index (χ1v) is 7.36. The number of carbonyl (C=O) groups excluding carboxylic acids is 1. The van der Waals surface area contributed by atoms with Crippen LogP contribution in [-0.4, -0.2) is 29.7 Å². The minimum Gasteiger partial charge on any atom is -0.457 e. The molecular formula is C17H18N4O3. The summed E-state index contributed by atoms with van der Waals surface area (Å²) in [7, 11) is 3.20. The molecule has 3 rings (SSSR count). The lowest BCUT2D eigenvalue weighted by atomic mass is 10.1. The second kappa shape index (κ2) is 6.59. The van der Waals surface area contributed by atoms with Crippen molar-refractivity contribution < 1.29 is 14.3 Å². The van der Waals surface area contributed by atoms with Crippen molar-refractivity contribution in [3.63, 3.8) is 0 Å². The standard InChI is InChI=1S/C17H18N4O3/c1-19-17(22)21-6-4-11-8-15(12(10-23-2)7-14(11)21)24-13-3-5-20-16(18)9-13/h3-9H,10H2,1-2H3,(H2,18,20)(H,19,22). The molecule has 2 heterocycles. The van der Waals surface area contributed by atoms with E-state index < -0.39 is 0 Å². The van der Waals surface area contributed by atoms with E-state index >= 15 is 0 Å². The van der Waals surface area contributed by atoms with Crippen LogP contribution in [0.4, 0.5) is 10.6 Å². The number of benzene rings is 1. The number of pyridine rings is 1. The summed E-state index contributed by atoms with van der Waals surface area (Å²) in [4.78, 5) is 15.9. The Bertz CT molecular complexity index is 889. The van der Waals surface area contributed by atoms with Crippen LogP contribution in [0.15, 0.2) is 42.7 Å². The lowest BCUT2D eigenvalue weighted by Gasteiger charge is -2.12. The predicted molar refractivity (Wildman–Crippen MR) is 91.2 cm³/mol. The van der Waals surface area contributed by atoms with Gasteiger partial charge < -0.3 is 20.5 Å². The quantitative estimate of drug-likeness (QED) is 0.769. The average Bonchev–Trinajstić information content (AvgIpc) is 2.97. The number of carbonyl (C=O) groups is 1. The molecule has 3 N–H and O–H groups in total. The molecule has 0 radical (unpaired) electrons. The number of anilines is 1. The number of rotatable bonds is 4. The molecule has 0 aliphatic heterocycles. The fourth-order valence-corrected chi connectivity index (χ4v) is 2.48. The topological polar surface area (TPSA) is 91.4 Å². The molecule has 0 fully saturated rings. The first kappa shape index (κ1) is 15.8. The van der Waals surface area contributed by atoms with Gasteiger partial charge >= 0.3 is 6.03 Å². The number of fused-ring (bicyclic) bond motifs is 1. The summed E-state index contributed by atoms with van der Waals surface area (Å²) in [5.41, 5.74) is 7.29. The normalized spacial score (nSPS) is 10.8. The Kier molecular flexibility index (Phi) is 4.35. The highest BCUT2D eigenvalue weighted by Gasteiger charge is 2.13. The molecule has 0 unspecified atom stereocenters. The number of nitrogen functional groups attached to an aromatic ring is 1. The molecule has 7 nitrogen and oxygen atoms in total. The molecule has 1 aromatic carbocycles. The second-order valence-corrected chi connectivity index (χ2v) is 5.21. The number of hydrogen-bond donors (Lipinski definition) is 2. The predicted octanol–water partition coefficient (Wildman–Crippen LogP) is 2.74. The summed E-state index contributed by atoms with van der Waals surface area (Å²) in [6.07, 6.45) is 3.30. The van der Waals surface area contributed by atoms with Gasteiger partial charge in [-0.3, -0.25) is 4.57 Å². The third-order valence-electron chi connectivity index (χ3n) is 3.59. The van der Waals surface area contributed by atoms with Crippen molar-refractivity contribution in [2.75, 3.05) is 19.9 Å². The van der Waals surface area contributed by atoms with Crippen LogP contribution in [0.3, 0.4) is 0 Å². The molecule has 0 atom stereocenters. The van der Waals surface area contributed by atoms with Gasteiger partial charge in [0.25, 0.3) is 0 Å². The van der Waals surface area contributed by atoms with Crippen LogP contribution >= 0.6 is 0 Å². The van der Waals surface area contributed by atoms with E-state index in [1.165, 1.54) is 0 Å². The smallest absolute Gasteiger partial charge is 0.325 e. The maximum absolute atomic E-state index is 11.9. The van der Waals surface area contributed by atoms with E-state index in [2.05, 4.69) is 10.3 Å². The number of hydrogen-bond acceptors (Lipinski definition) is 5. The second-order valence-electron chi connectivity index (χ2n) is 5.21. The SMILES string of the molecule is CNC(=O)n1ccc2cc(Oc3ccnc(N)c3)c(COC)cc21. The van der Waals surface area contributed by atoms with Crippen molar-refractivity contribution in [1.82, 2.24) is 14.9 Å². The monoisotopic (exact) mass is 326 g/mol. The van der Waals surface area contributed by atoms with Gasteiger partial charge in [0.2, 0.25) is 0 Å². The fraction of sp³-hybridized carbons (Fsp3) is 0.176. The first-order valence-electron chi connectivity index (χ1n) is 7.36. The number of amides is 1. The van der Waals surface area contributed by atoms with Gasteiger partial charge in [-0.05, 0) is 24.3 Å². The fourth-order valence-electron chi connectivity index (χ4n) is 2.48. The zero-order chi connectivity index (χ0) is 17.1. The number of ether oxygens (including phenoxy) is 2. The van der Waals surface area contributed by atoms with E-state index in [0.717, 1.165) is 16.5 Å². The molecule has 0 saturated heterocycles. The van der Waals surface area contributed by atoms with Crippen LogP contribution in [0.5, 0.6) is 11.5 Å². The van der Waals surface area contributed by atoms with E-state index in [-0.39, 0.29) is 6.03 Å². The van der Waals surface area contributed by atoms with Gasteiger partial charge in [-0.1, -0.05) is 0 Å². The van der Waals surface area contributed by atoms with Gasteiger partial charge in [0.15, 0.2) is 0 Å². The highest BCUT2D eigenvalue weighted by molar-refractivity contribution is 5.92. The van der Waals surface area contributed by atoms with Crippen LogP contribution < -0.4 is 15.8 Å². The number of aromatic nitrogens is 2. The molecule has 0 saturated carbocycles. The minimum atomic E-state index is -0.205. The maximum atomic E-state index is 11.9. The highest BCUT2D eigenvalue weighted by atomic mass is 16.5. The largest absolute Gasteiger partial charge is 0.457 e. The van der Waals surface area contributed by atoms with Gasteiger partial charge in [0.1, 0.15) is 17.3 Å². The molecule has 24 heavy (non-hydrogen) atoms. The maximum Gasteiger partial charge on any atom is 0.325 e. The Morgan fingerprint density at radius 3 is 2.88 bits per heavy atom. The number of nitrogens with one attached hydrogen (secondary N) is 1. The van der Waals surface area contributed by atoms with Crippen molar-refractivity contribution in [2.24, 2.45) is 0 Å². The van der Waals surface area contributed by atoms with Crippen molar-refractivity contribution in [2.45, 2.75) is 6.61 Å².